The number of nitrogens with zero attached hydrogens (tertiary/aromatic N) is 1. The van der Waals surface area contributed by atoms with Gasteiger partial charge < -0.3 is 5.32 Å². The van der Waals surface area contributed by atoms with Crippen molar-refractivity contribution in [3.8, 4) is 0 Å². The first-order chi connectivity index (χ1) is 8.56. The number of aliphatic imine (C=N–C) groups is 1. The molecular weight excluding hydrogens is 250 g/mol. The van der Waals surface area contributed by atoms with Gasteiger partial charge in [-0.1, -0.05) is 19.4 Å². The number of hydrogen-bond acceptors (Lipinski definition) is 3. The molecule has 2 N–H and O–H groups in total. The van der Waals surface area contributed by atoms with Crippen molar-refractivity contribution in [1.29, 1.82) is 0 Å². The first kappa shape index (κ1) is 12.9. The van der Waals surface area contributed by atoms with Crippen LogP contribution in [-0.2, 0) is 16.4 Å². The summed E-state index contributed by atoms with van der Waals surface area (Å²) >= 11 is 0. The van der Waals surface area contributed by atoms with Crippen LogP contribution < -0.4 is 10.0 Å². The Labute approximate surface area is 107 Å². The number of fused-ring (bicyclic) bond motifs is 1. The number of anilines is 1. The third-order valence-electron chi connectivity index (χ3n) is 2.86. The summed E-state index contributed by atoms with van der Waals surface area (Å²) in [5.74, 6) is 0.254. The van der Waals surface area contributed by atoms with E-state index in [0.29, 0.717) is 10.6 Å². The van der Waals surface area contributed by atoms with Crippen molar-refractivity contribution in [3.63, 3.8) is 0 Å². The lowest BCUT2D eigenvalue weighted by atomic mass is 10.1. The number of guanidine groups is 1. The smallest absolute Gasteiger partial charge is 0.266 e. The van der Waals surface area contributed by atoms with Crippen LogP contribution in [0.25, 0.3) is 0 Å². The molecule has 1 aliphatic rings. The predicted octanol–water partition coefficient (Wildman–Crippen LogP) is 1.72. The molecule has 6 heteroatoms. The maximum Gasteiger partial charge on any atom is 0.266 e. The van der Waals surface area contributed by atoms with Crippen LogP contribution >= 0.6 is 0 Å². The van der Waals surface area contributed by atoms with E-state index >= 15 is 0 Å². The van der Waals surface area contributed by atoms with Crippen LogP contribution in [0.5, 0.6) is 0 Å². The van der Waals surface area contributed by atoms with Crippen molar-refractivity contribution in [2.24, 2.45) is 4.99 Å². The number of unbranched alkanes of at least 4 members (excludes halogenated alkanes) is 1. The number of aryl methyl sites for hydroxylation is 1. The minimum atomic E-state index is -3.49. The highest BCUT2D eigenvalue weighted by Crippen LogP contribution is 2.26. The zero-order chi connectivity index (χ0) is 13.2. The molecule has 0 atom stereocenters. The molecule has 2 rings (SSSR count). The molecule has 0 aliphatic carbocycles. The minimum absolute atomic E-state index is 0.254. The largest absolute Gasteiger partial charge is 0.324 e. The van der Waals surface area contributed by atoms with Gasteiger partial charge in [0.25, 0.3) is 10.0 Å². The maximum absolute atomic E-state index is 12.0. The fourth-order valence-electron chi connectivity index (χ4n) is 1.87. The van der Waals surface area contributed by atoms with E-state index in [1.165, 1.54) is 7.05 Å². The minimum Gasteiger partial charge on any atom is -0.324 e. The number of benzene rings is 1. The second-order valence-electron chi connectivity index (χ2n) is 4.24. The fourth-order valence-corrected chi connectivity index (χ4v) is 3.09. The number of nitrogens with one attached hydrogen (secondary N) is 2. The Hall–Kier alpha value is -1.56. The second kappa shape index (κ2) is 4.97. The van der Waals surface area contributed by atoms with Crippen molar-refractivity contribution in [1.82, 2.24) is 4.72 Å². The highest BCUT2D eigenvalue weighted by Gasteiger charge is 2.26. The van der Waals surface area contributed by atoms with Crippen molar-refractivity contribution in [3.05, 3.63) is 23.8 Å². The van der Waals surface area contributed by atoms with Gasteiger partial charge in [-0.2, -0.15) is 0 Å². The zero-order valence-electron chi connectivity index (χ0n) is 10.5. The Morgan fingerprint density at radius 2 is 2.11 bits per heavy atom. The highest BCUT2D eigenvalue weighted by atomic mass is 32.2. The molecule has 1 aromatic rings. The molecule has 0 unspecified atom stereocenters. The van der Waals surface area contributed by atoms with Crippen LogP contribution in [0.2, 0.25) is 0 Å². The third kappa shape index (κ3) is 2.48. The first-order valence-corrected chi connectivity index (χ1v) is 7.44. The van der Waals surface area contributed by atoms with E-state index in [9.17, 15) is 8.42 Å². The van der Waals surface area contributed by atoms with Crippen LogP contribution in [0.15, 0.2) is 28.1 Å². The van der Waals surface area contributed by atoms with Crippen molar-refractivity contribution in [2.45, 2.75) is 31.1 Å². The Morgan fingerprint density at radius 1 is 1.33 bits per heavy atom. The van der Waals surface area contributed by atoms with Gasteiger partial charge in [-0.05, 0) is 30.5 Å². The molecule has 0 radical (unpaired) electrons. The van der Waals surface area contributed by atoms with E-state index in [1.54, 1.807) is 12.1 Å². The number of sulfonamides is 1. The lowest BCUT2D eigenvalue weighted by molar-refractivity contribution is 0.591. The second-order valence-corrected chi connectivity index (χ2v) is 5.89. The van der Waals surface area contributed by atoms with Gasteiger partial charge in [0.15, 0.2) is 0 Å². The Balaban J connectivity index is 2.41. The van der Waals surface area contributed by atoms with E-state index < -0.39 is 10.0 Å². The van der Waals surface area contributed by atoms with Crippen LogP contribution in [0, 0.1) is 0 Å². The predicted molar refractivity (Wildman–Crippen MR) is 72.4 cm³/mol. The quantitative estimate of drug-likeness (QED) is 0.876. The summed E-state index contributed by atoms with van der Waals surface area (Å²) in [6, 6.07) is 5.48. The van der Waals surface area contributed by atoms with Gasteiger partial charge in [0.1, 0.15) is 4.90 Å². The molecule has 5 nitrogen and oxygen atoms in total. The van der Waals surface area contributed by atoms with E-state index in [-0.39, 0.29) is 5.96 Å². The summed E-state index contributed by atoms with van der Waals surface area (Å²) in [5.41, 5.74) is 1.62. The van der Waals surface area contributed by atoms with Gasteiger partial charge in [0, 0.05) is 7.05 Å². The molecule has 0 saturated carbocycles. The summed E-state index contributed by atoms with van der Waals surface area (Å²) in [6.07, 6.45) is 3.04. The number of hydrogen-bond donors (Lipinski definition) is 2. The summed E-state index contributed by atoms with van der Waals surface area (Å²) in [4.78, 5) is 4.12. The zero-order valence-corrected chi connectivity index (χ0v) is 11.3. The average molecular weight is 267 g/mol. The van der Waals surface area contributed by atoms with Crippen molar-refractivity contribution in [2.75, 3.05) is 12.4 Å². The van der Waals surface area contributed by atoms with E-state index in [2.05, 4.69) is 22.0 Å². The first-order valence-electron chi connectivity index (χ1n) is 5.96. The Kier molecular flexibility index (Phi) is 3.56. The van der Waals surface area contributed by atoms with Crippen LogP contribution in [0.4, 0.5) is 5.69 Å². The summed E-state index contributed by atoms with van der Waals surface area (Å²) in [6.45, 7) is 2.11. The van der Waals surface area contributed by atoms with Gasteiger partial charge in [-0.15, -0.1) is 0 Å². The molecule has 0 aromatic heterocycles. The highest BCUT2D eigenvalue weighted by molar-refractivity contribution is 7.90. The van der Waals surface area contributed by atoms with Crippen LogP contribution in [-0.4, -0.2) is 21.4 Å². The van der Waals surface area contributed by atoms with Crippen LogP contribution in [0.1, 0.15) is 25.3 Å². The normalized spacial score (nSPS) is 18.9. The standard InChI is InChI=1S/C12H17N3O2S/c1-3-4-5-9-6-7-10-11(8-9)18(16,17)15-12(13-2)14-10/h6-8H,3-5H2,1-2H3,(H2,13,14,15). The fraction of sp³-hybridized carbons (Fsp3) is 0.417. The lowest BCUT2D eigenvalue weighted by Crippen LogP contribution is -2.40. The summed E-state index contributed by atoms with van der Waals surface area (Å²) in [7, 11) is -1.96. The molecule has 1 aromatic carbocycles. The topological polar surface area (TPSA) is 70.6 Å². The van der Waals surface area contributed by atoms with Crippen LogP contribution in [0.3, 0.4) is 0 Å². The van der Waals surface area contributed by atoms with E-state index in [0.717, 1.165) is 24.8 Å². The van der Waals surface area contributed by atoms with Gasteiger partial charge in [0.05, 0.1) is 5.69 Å². The van der Waals surface area contributed by atoms with E-state index in [4.69, 9.17) is 0 Å². The molecule has 18 heavy (non-hydrogen) atoms. The molecule has 1 heterocycles. The molecule has 0 spiro atoms. The van der Waals surface area contributed by atoms with Gasteiger partial charge >= 0.3 is 0 Å². The lowest BCUT2D eigenvalue weighted by Gasteiger charge is -2.21. The molecule has 0 bridgehead atoms. The maximum atomic E-state index is 12.0. The Morgan fingerprint density at radius 3 is 2.78 bits per heavy atom. The van der Waals surface area contributed by atoms with Gasteiger partial charge in [-0.3, -0.25) is 4.99 Å². The third-order valence-corrected chi connectivity index (χ3v) is 4.24. The Bertz CT molecular complexity index is 579. The molecular formula is C12H17N3O2S. The van der Waals surface area contributed by atoms with E-state index in [1.807, 2.05) is 6.07 Å². The summed E-state index contributed by atoms with van der Waals surface area (Å²) < 4.78 is 26.5. The molecule has 0 amide bonds. The molecule has 0 fully saturated rings. The molecule has 1 aliphatic heterocycles. The monoisotopic (exact) mass is 267 g/mol. The summed E-state index contributed by atoms with van der Waals surface area (Å²) in [5, 5.41) is 2.95. The van der Waals surface area contributed by atoms with Gasteiger partial charge in [-0.25, -0.2) is 13.1 Å². The van der Waals surface area contributed by atoms with Gasteiger partial charge in [0.2, 0.25) is 5.96 Å². The molecule has 98 valence electrons. The number of rotatable bonds is 3. The molecule has 0 saturated heterocycles. The van der Waals surface area contributed by atoms with Crippen molar-refractivity contribution < 1.29 is 8.42 Å². The SMILES string of the molecule is CCCCc1ccc2c(c1)S(=O)(=O)NC(=NC)N2. The average Bonchev–Trinajstić information content (AvgIpc) is 2.35. The van der Waals surface area contributed by atoms with Crippen molar-refractivity contribution >= 4 is 21.7 Å².